The average Bonchev–Trinajstić information content (AvgIpc) is 2.77. The molecule has 0 saturated carbocycles. The second kappa shape index (κ2) is 6.66. The van der Waals surface area contributed by atoms with Crippen LogP contribution >= 0.6 is 15.9 Å². The Hall–Kier alpha value is -1.96. The maximum atomic E-state index is 12.3. The third-order valence-corrected chi connectivity index (χ3v) is 3.40. The second-order valence-corrected chi connectivity index (χ2v) is 5.70. The first-order chi connectivity index (χ1) is 10.7. The van der Waals surface area contributed by atoms with E-state index in [0.717, 1.165) is 0 Å². The number of aryl methyl sites for hydroxylation is 1. The lowest BCUT2D eigenvalue weighted by Gasteiger charge is -2.17. The van der Waals surface area contributed by atoms with Gasteiger partial charge >= 0.3 is 6.36 Å². The molecule has 2 aromatic rings. The van der Waals surface area contributed by atoms with Crippen LogP contribution in [0.4, 0.5) is 13.2 Å². The van der Waals surface area contributed by atoms with E-state index in [-0.39, 0.29) is 24.0 Å². The fourth-order valence-electron chi connectivity index (χ4n) is 1.97. The van der Waals surface area contributed by atoms with Crippen LogP contribution in [-0.4, -0.2) is 24.2 Å². The first-order valence-electron chi connectivity index (χ1n) is 6.52. The van der Waals surface area contributed by atoms with Gasteiger partial charge < -0.3 is 14.1 Å². The van der Waals surface area contributed by atoms with Gasteiger partial charge in [0, 0.05) is 19.2 Å². The summed E-state index contributed by atoms with van der Waals surface area (Å²) >= 11 is 3.16. The molecular formula is C15H13BrF3NO3. The highest BCUT2D eigenvalue weighted by molar-refractivity contribution is 9.10. The monoisotopic (exact) mass is 391 g/mol. The average molecular weight is 392 g/mol. The van der Waals surface area contributed by atoms with Gasteiger partial charge in [0.05, 0.1) is 0 Å². The number of ether oxygens (including phenoxy) is 1. The fraction of sp³-hybridized carbons (Fsp3) is 0.267. The second-order valence-electron chi connectivity index (χ2n) is 4.92. The summed E-state index contributed by atoms with van der Waals surface area (Å²) < 4.78 is 45.8. The number of hydrogen-bond acceptors (Lipinski definition) is 3. The number of furan rings is 1. The molecule has 2 rings (SSSR count). The molecule has 0 saturated heterocycles. The van der Waals surface area contributed by atoms with Crippen molar-refractivity contribution in [1.29, 1.82) is 0 Å². The Morgan fingerprint density at radius 2 is 1.91 bits per heavy atom. The van der Waals surface area contributed by atoms with E-state index in [1.165, 1.54) is 29.2 Å². The quantitative estimate of drug-likeness (QED) is 0.769. The van der Waals surface area contributed by atoms with Gasteiger partial charge in [-0.1, -0.05) is 12.1 Å². The summed E-state index contributed by atoms with van der Waals surface area (Å²) in [5.41, 5.74) is 1.36. The van der Waals surface area contributed by atoms with Crippen LogP contribution in [0.15, 0.2) is 39.4 Å². The van der Waals surface area contributed by atoms with Crippen LogP contribution in [0.2, 0.25) is 0 Å². The largest absolute Gasteiger partial charge is 0.573 e. The topological polar surface area (TPSA) is 42.7 Å². The Kier molecular flexibility index (Phi) is 5.03. The summed E-state index contributed by atoms with van der Waals surface area (Å²) in [6.07, 6.45) is -4.72. The molecule has 0 radical (unpaired) electrons. The van der Waals surface area contributed by atoms with Gasteiger partial charge in [-0.2, -0.15) is 0 Å². The summed E-state index contributed by atoms with van der Waals surface area (Å²) in [5, 5.41) is 0. The molecule has 23 heavy (non-hydrogen) atoms. The van der Waals surface area contributed by atoms with Crippen molar-refractivity contribution in [2.45, 2.75) is 19.8 Å². The summed E-state index contributed by atoms with van der Waals surface area (Å²) in [4.78, 5) is 13.7. The van der Waals surface area contributed by atoms with Crippen molar-refractivity contribution < 1.29 is 27.1 Å². The Morgan fingerprint density at radius 3 is 2.39 bits per heavy atom. The molecular weight excluding hydrogens is 379 g/mol. The van der Waals surface area contributed by atoms with Crippen LogP contribution in [0.25, 0.3) is 0 Å². The first kappa shape index (κ1) is 17.4. The molecule has 4 nitrogen and oxygen atoms in total. The zero-order valence-electron chi connectivity index (χ0n) is 12.3. The van der Waals surface area contributed by atoms with E-state index in [4.69, 9.17) is 4.42 Å². The zero-order valence-corrected chi connectivity index (χ0v) is 13.9. The number of amides is 1. The van der Waals surface area contributed by atoms with Crippen LogP contribution in [0.3, 0.4) is 0 Å². The number of nitrogens with zero attached hydrogens (tertiary/aromatic N) is 1. The van der Waals surface area contributed by atoms with E-state index in [9.17, 15) is 18.0 Å². The maximum Gasteiger partial charge on any atom is 0.573 e. The summed E-state index contributed by atoms with van der Waals surface area (Å²) in [7, 11) is 1.58. The van der Waals surface area contributed by atoms with Crippen LogP contribution in [0.5, 0.6) is 5.75 Å². The Labute approximate surface area is 139 Å². The van der Waals surface area contributed by atoms with Crippen molar-refractivity contribution in [1.82, 2.24) is 4.90 Å². The molecule has 0 unspecified atom stereocenters. The highest BCUT2D eigenvalue weighted by Gasteiger charge is 2.31. The first-order valence-corrected chi connectivity index (χ1v) is 7.31. The van der Waals surface area contributed by atoms with Gasteiger partial charge in [-0.3, -0.25) is 4.79 Å². The summed E-state index contributed by atoms with van der Waals surface area (Å²) in [6, 6.07) is 7.03. The van der Waals surface area contributed by atoms with E-state index >= 15 is 0 Å². The molecule has 1 aromatic heterocycles. The van der Waals surface area contributed by atoms with E-state index in [0.29, 0.717) is 15.8 Å². The third-order valence-electron chi connectivity index (χ3n) is 3.01. The summed E-state index contributed by atoms with van der Waals surface area (Å²) in [6.45, 7) is 1.97. The number of halogens is 4. The number of alkyl halides is 3. The van der Waals surface area contributed by atoms with Crippen molar-refractivity contribution in [2.75, 3.05) is 7.05 Å². The van der Waals surface area contributed by atoms with Crippen molar-refractivity contribution in [3.63, 3.8) is 0 Å². The predicted molar refractivity (Wildman–Crippen MR) is 80.1 cm³/mol. The van der Waals surface area contributed by atoms with E-state index in [1.807, 2.05) is 0 Å². The minimum Gasteiger partial charge on any atom is -0.444 e. The van der Waals surface area contributed by atoms with Gasteiger partial charge in [-0.25, -0.2) is 0 Å². The van der Waals surface area contributed by atoms with Crippen molar-refractivity contribution in [3.05, 3.63) is 51.9 Å². The minimum absolute atomic E-state index is 0.219. The van der Waals surface area contributed by atoms with Crippen molar-refractivity contribution >= 4 is 21.8 Å². The lowest BCUT2D eigenvalue weighted by molar-refractivity contribution is -0.274. The van der Waals surface area contributed by atoms with Gasteiger partial charge in [0.1, 0.15) is 5.75 Å². The number of rotatable bonds is 4. The molecule has 0 aliphatic heterocycles. The highest BCUT2D eigenvalue weighted by atomic mass is 79.9. The van der Waals surface area contributed by atoms with E-state index in [1.54, 1.807) is 20.0 Å². The Balaban J connectivity index is 2.04. The molecule has 1 amide bonds. The fourth-order valence-corrected chi connectivity index (χ4v) is 2.48. The number of carbonyl (C=O) groups is 1. The molecule has 1 heterocycles. The zero-order chi connectivity index (χ0) is 17.2. The lowest BCUT2D eigenvalue weighted by Crippen LogP contribution is -2.26. The molecule has 0 aliphatic rings. The molecule has 0 atom stereocenters. The van der Waals surface area contributed by atoms with Gasteiger partial charge in [0.25, 0.3) is 5.91 Å². The van der Waals surface area contributed by atoms with E-state index in [2.05, 4.69) is 20.7 Å². The maximum absolute atomic E-state index is 12.3. The molecule has 1 aromatic carbocycles. The van der Waals surface area contributed by atoms with Gasteiger partial charge in [0.2, 0.25) is 0 Å². The predicted octanol–water partition coefficient (Wildman–Crippen LogP) is 4.52. The van der Waals surface area contributed by atoms with Crippen LogP contribution in [0, 0.1) is 6.92 Å². The molecule has 124 valence electrons. The van der Waals surface area contributed by atoms with Crippen LogP contribution < -0.4 is 4.74 Å². The van der Waals surface area contributed by atoms with Crippen LogP contribution in [-0.2, 0) is 6.54 Å². The normalized spacial score (nSPS) is 11.4. The van der Waals surface area contributed by atoms with Gasteiger partial charge in [-0.15, -0.1) is 13.2 Å². The standard InChI is InChI=1S/C15H13BrF3NO3/c1-9-7-12(16)22-13(9)14(21)20(2)8-10-3-5-11(6-4-10)23-15(17,18)19/h3-7H,8H2,1-2H3. The molecule has 0 bridgehead atoms. The smallest absolute Gasteiger partial charge is 0.444 e. The molecule has 0 N–H and O–H groups in total. The Bertz CT molecular complexity index is 695. The molecule has 0 aliphatic carbocycles. The number of carbonyl (C=O) groups excluding carboxylic acids is 1. The van der Waals surface area contributed by atoms with Crippen molar-refractivity contribution in [3.8, 4) is 5.75 Å². The minimum atomic E-state index is -4.72. The van der Waals surface area contributed by atoms with Gasteiger partial charge in [0.15, 0.2) is 10.4 Å². The summed E-state index contributed by atoms with van der Waals surface area (Å²) in [5.74, 6) is -0.402. The SMILES string of the molecule is Cc1cc(Br)oc1C(=O)N(C)Cc1ccc(OC(F)(F)F)cc1. The lowest BCUT2D eigenvalue weighted by atomic mass is 10.2. The molecule has 8 heteroatoms. The number of hydrogen-bond donors (Lipinski definition) is 0. The highest BCUT2D eigenvalue weighted by Crippen LogP contribution is 2.24. The van der Waals surface area contributed by atoms with E-state index < -0.39 is 6.36 Å². The van der Waals surface area contributed by atoms with Gasteiger partial charge in [-0.05, 0) is 46.6 Å². The number of benzene rings is 1. The third kappa shape index (κ3) is 4.75. The molecule has 0 fully saturated rings. The Morgan fingerprint density at radius 1 is 1.30 bits per heavy atom. The van der Waals surface area contributed by atoms with Crippen molar-refractivity contribution in [2.24, 2.45) is 0 Å². The van der Waals surface area contributed by atoms with Crippen LogP contribution in [0.1, 0.15) is 21.7 Å². The molecule has 0 spiro atoms.